The van der Waals surface area contributed by atoms with Crippen LogP contribution in [0.5, 0.6) is 0 Å². The third kappa shape index (κ3) is 2.10. The Morgan fingerprint density at radius 1 is 1.18 bits per heavy atom. The van der Waals surface area contributed by atoms with Crippen LogP contribution in [0.15, 0.2) is 28.9 Å². The summed E-state index contributed by atoms with van der Waals surface area (Å²) in [5.41, 5.74) is 1.26. The second-order valence-electron chi connectivity index (χ2n) is 3.97. The van der Waals surface area contributed by atoms with Gasteiger partial charge in [0.05, 0.1) is 6.26 Å². The standard InChI is InChI=1S/C12H13FN2O.ClH/c13-10-2-1-9-3-8-16-12(9)11(10)15-6-4-14-5-7-15;/h1-3,8,14H,4-7H2;1H. The van der Waals surface area contributed by atoms with E-state index in [9.17, 15) is 4.39 Å². The van der Waals surface area contributed by atoms with Gasteiger partial charge in [0.2, 0.25) is 0 Å². The fraction of sp³-hybridized carbons (Fsp3) is 0.333. The maximum Gasteiger partial charge on any atom is 0.160 e. The number of piperazine rings is 1. The highest BCUT2D eigenvalue weighted by molar-refractivity contribution is 5.89. The molecule has 1 saturated heterocycles. The van der Waals surface area contributed by atoms with Crippen LogP contribution in [0.25, 0.3) is 11.0 Å². The van der Waals surface area contributed by atoms with Crippen LogP contribution in [0, 0.1) is 5.82 Å². The molecule has 3 rings (SSSR count). The number of halogens is 2. The van der Waals surface area contributed by atoms with Gasteiger partial charge in [-0.1, -0.05) is 0 Å². The van der Waals surface area contributed by atoms with E-state index < -0.39 is 0 Å². The number of nitrogens with one attached hydrogen (secondary N) is 1. The lowest BCUT2D eigenvalue weighted by Gasteiger charge is -2.29. The molecule has 1 N–H and O–H groups in total. The summed E-state index contributed by atoms with van der Waals surface area (Å²) in [6.45, 7) is 3.40. The quantitative estimate of drug-likeness (QED) is 0.849. The normalized spacial score (nSPS) is 15.9. The summed E-state index contributed by atoms with van der Waals surface area (Å²) in [6.07, 6.45) is 1.61. The Hall–Kier alpha value is -1.26. The molecule has 1 fully saturated rings. The van der Waals surface area contributed by atoms with Crippen LogP contribution in [0.4, 0.5) is 10.1 Å². The number of hydrogen-bond acceptors (Lipinski definition) is 3. The van der Waals surface area contributed by atoms with Crippen molar-refractivity contribution in [3.63, 3.8) is 0 Å². The van der Waals surface area contributed by atoms with E-state index >= 15 is 0 Å². The minimum Gasteiger partial charge on any atom is -0.462 e. The lowest BCUT2D eigenvalue weighted by Crippen LogP contribution is -2.43. The highest BCUT2D eigenvalue weighted by Crippen LogP contribution is 2.30. The predicted octanol–water partition coefficient (Wildman–Crippen LogP) is 2.40. The molecule has 0 unspecified atom stereocenters. The van der Waals surface area contributed by atoms with Crippen LogP contribution in [0.2, 0.25) is 0 Å². The van der Waals surface area contributed by atoms with Gasteiger partial charge in [0.1, 0.15) is 11.5 Å². The van der Waals surface area contributed by atoms with Crippen molar-refractivity contribution >= 4 is 29.1 Å². The van der Waals surface area contributed by atoms with Crippen molar-refractivity contribution < 1.29 is 8.81 Å². The summed E-state index contributed by atoms with van der Waals surface area (Å²) in [5, 5.41) is 4.20. The SMILES string of the molecule is Cl.Fc1ccc2ccoc2c1N1CCNCC1. The second-order valence-corrected chi connectivity index (χ2v) is 3.97. The Bertz CT molecular complexity index is 508. The van der Waals surface area contributed by atoms with Gasteiger partial charge in [0, 0.05) is 31.6 Å². The molecular formula is C12H14ClFN2O. The van der Waals surface area contributed by atoms with Crippen molar-refractivity contribution in [3.8, 4) is 0 Å². The van der Waals surface area contributed by atoms with Gasteiger partial charge in [-0.2, -0.15) is 0 Å². The van der Waals surface area contributed by atoms with Crippen molar-refractivity contribution in [1.82, 2.24) is 5.32 Å². The fourth-order valence-corrected chi connectivity index (χ4v) is 2.18. The Morgan fingerprint density at radius 3 is 2.71 bits per heavy atom. The number of benzene rings is 1. The lowest BCUT2D eigenvalue weighted by molar-refractivity contribution is 0.556. The molecule has 2 aromatic rings. The molecule has 1 aromatic carbocycles. The first-order valence-electron chi connectivity index (χ1n) is 5.47. The van der Waals surface area contributed by atoms with Crippen molar-refractivity contribution in [2.75, 3.05) is 31.1 Å². The molecule has 2 heterocycles. The van der Waals surface area contributed by atoms with Gasteiger partial charge >= 0.3 is 0 Å². The average molecular weight is 257 g/mol. The van der Waals surface area contributed by atoms with E-state index in [-0.39, 0.29) is 18.2 Å². The molecular weight excluding hydrogens is 243 g/mol. The average Bonchev–Trinajstić information content (AvgIpc) is 2.78. The van der Waals surface area contributed by atoms with E-state index in [1.165, 1.54) is 6.07 Å². The number of rotatable bonds is 1. The molecule has 92 valence electrons. The van der Waals surface area contributed by atoms with Crippen LogP contribution in [-0.4, -0.2) is 26.2 Å². The first-order valence-corrected chi connectivity index (χ1v) is 5.47. The number of fused-ring (bicyclic) bond motifs is 1. The number of hydrogen-bond donors (Lipinski definition) is 1. The number of nitrogens with zero attached hydrogens (tertiary/aromatic N) is 1. The van der Waals surface area contributed by atoms with E-state index in [2.05, 4.69) is 5.32 Å². The minimum atomic E-state index is -0.204. The molecule has 0 saturated carbocycles. The van der Waals surface area contributed by atoms with Crippen molar-refractivity contribution in [2.24, 2.45) is 0 Å². The zero-order valence-corrected chi connectivity index (χ0v) is 10.1. The molecule has 0 amide bonds. The maximum absolute atomic E-state index is 13.9. The van der Waals surface area contributed by atoms with Crippen molar-refractivity contribution in [2.45, 2.75) is 0 Å². The Labute approximate surface area is 105 Å². The number of furan rings is 1. The molecule has 1 aliphatic heterocycles. The summed E-state index contributed by atoms with van der Waals surface area (Å²) in [6, 6.07) is 5.12. The van der Waals surface area contributed by atoms with Gasteiger partial charge < -0.3 is 14.6 Å². The summed E-state index contributed by atoms with van der Waals surface area (Å²) >= 11 is 0. The molecule has 0 aliphatic carbocycles. The van der Waals surface area contributed by atoms with Gasteiger partial charge in [-0.25, -0.2) is 4.39 Å². The van der Waals surface area contributed by atoms with Gasteiger partial charge in [0.15, 0.2) is 5.58 Å². The smallest absolute Gasteiger partial charge is 0.160 e. The summed E-state index contributed by atoms with van der Waals surface area (Å²) < 4.78 is 19.2. The summed E-state index contributed by atoms with van der Waals surface area (Å²) in [5.74, 6) is -0.204. The third-order valence-electron chi connectivity index (χ3n) is 2.98. The molecule has 3 nitrogen and oxygen atoms in total. The molecule has 5 heteroatoms. The molecule has 1 aromatic heterocycles. The number of anilines is 1. The van der Waals surface area contributed by atoms with E-state index in [1.807, 2.05) is 11.0 Å². The van der Waals surface area contributed by atoms with Crippen LogP contribution in [-0.2, 0) is 0 Å². The highest BCUT2D eigenvalue weighted by atomic mass is 35.5. The maximum atomic E-state index is 13.9. The monoisotopic (exact) mass is 256 g/mol. The topological polar surface area (TPSA) is 28.4 Å². The van der Waals surface area contributed by atoms with Gasteiger partial charge in [-0.05, 0) is 18.2 Å². The summed E-state index contributed by atoms with van der Waals surface area (Å²) in [7, 11) is 0. The van der Waals surface area contributed by atoms with Crippen LogP contribution < -0.4 is 10.2 Å². The third-order valence-corrected chi connectivity index (χ3v) is 2.98. The molecule has 0 atom stereocenters. The molecule has 17 heavy (non-hydrogen) atoms. The predicted molar refractivity (Wildman–Crippen MR) is 68.5 cm³/mol. The van der Waals surface area contributed by atoms with Crippen LogP contribution in [0.1, 0.15) is 0 Å². The molecule has 1 aliphatic rings. The Kier molecular flexibility index (Phi) is 3.54. The van der Waals surface area contributed by atoms with Crippen LogP contribution in [0.3, 0.4) is 0 Å². The van der Waals surface area contributed by atoms with E-state index in [1.54, 1.807) is 12.3 Å². The Balaban J connectivity index is 0.00000108. The molecule has 0 radical (unpaired) electrons. The molecule has 0 bridgehead atoms. The lowest BCUT2D eigenvalue weighted by atomic mass is 10.2. The van der Waals surface area contributed by atoms with Gasteiger partial charge in [0.25, 0.3) is 0 Å². The van der Waals surface area contributed by atoms with Gasteiger partial charge in [-0.3, -0.25) is 0 Å². The highest BCUT2D eigenvalue weighted by Gasteiger charge is 2.19. The van der Waals surface area contributed by atoms with Crippen molar-refractivity contribution in [1.29, 1.82) is 0 Å². The second kappa shape index (κ2) is 4.94. The van der Waals surface area contributed by atoms with Crippen LogP contribution >= 0.6 is 12.4 Å². The zero-order valence-electron chi connectivity index (χ0n) is 9.28. The zero-order chi connectivity index (χ0) is 11.0. The first kappa shape index (κ1) is 12.2. The van der Waals surface area contributed by atoms with E-state index in [4.69, 9.17) is 4.42 Å². The van der Waals surface area contributed by atoms with Crippen molar-refractivity contribution in [3.05, 3.63) is 30.3 Å². The minimum absolute atomic E-state index is 0. The fourth-order valence-electron chi connectivity index (χ4n) is 2.18. The molecule has 0 spiro atoms. The Morgan fingerprint density at radius 2 is 1.94 bits per heavy atom. The van der Waals surface area contributed by atoms with E-state index in [0.717, 1.165) is 31.6 Å². The van der Waals surface area contributed by atoms with E-state index in [0.29, 0.717) is 11.3 Å². The largest absolute Gasteiger partial charge is 0.462 e. The summed E-state index contributed by atoms with van der Waals surface area (Å²) in [4.78, 5) is 2.04. The van der Waals surface area contributed by atoms with Gasteiger partial charge in [-0.15, -0.1) is 12.4 Å². The first-order chi connectivity index (χ1) is 7.86.